The monoisotopic (exact) mass is 172 g/mol. The van der Waals surface area contributed by atoms with Crippen molar-refractivity contribution in [2.24, 2.45) is 0 Å². The minimum absolute atomic E-state index is 0.690. The van der Waals surface area contributed by atoms with Crippen molar-refractivity contribution in [3.8, 4) is 0 Å². The molecule has 1 rings (SSSR count). The van der Waals surface area contributed by atoms with Gasteiger partial charge < -0.3 is 10.1 Å². The molecule has 12 heavy (non-hydrogen) atoms. The molecule has 0 aromatic rings. The molecule has 0 saturated carbocycles. The molecule has 3 nitrogen and oxygen atoms in total. The fourth-order valence-electron chi connectivity index (χ4n) is 1.63. The predicted octanol–water partition coefficient (Wildman–Crippen LogP) is 0.317. The lowest BCUT2D eigenvalue weighted by atomic mass is 10.2. The van der Waals surface area contributed by atoms with Gasteiger partial charge in [-0.25, -0.2) is 0 Å². The van der Waals surface area contributed by atoms with E-state index in [1.54, 1.807) is 7.11 Å². The van der Waals surface area contributed by atoms with Gasteiger partial charge in [0.05, 0.1) is 0 Å². The molecule has 0 aromatic heterocycles. The van der Waals surface area contributed by atoms with Gasteiger partial charge in [0.15, 0.2) is 0 Å². The summed E-state index contributed by atoms with van der Waals surface area (Å²) in [6, 6.07) is 0.690. The summed E-state index contributed by atoms with van der Waals surface area (Å²) in [6.45, 7) is 7.79. The lowest BCUT2D eigenvalue weighted by Gasteiger charge is -2.33. The van der Waals surface area contributed by atoms with Crippen LogP contribution in [-0.2, 0) is 4.74 Å². The third kappa shape index (κ3) is 3.09. The Labute approximate surface area is 75.1 Å². The highest BCUT2D eigenvalue weighted by atomic mass is 16.5. The number of hydrogen-bond donors (Lipinski definition) is 1. The molecule has 1 saturated heterocycles. The van der Waals surface area contributed by atoms with E-state index in [4.69, 9.17) is 4.74 Å². The Balaban J connectivity index is 2.11. The number of nitrogens with zero attached hydrogens (tertiary/aromatic N) is 1. The van der Waals surface area contributed by atoms with Gasteiger partial charge in [-0.3, -0.25) is 4.90 Å². The summed E-state index contributed by atoms with van der Waals surface area (Å²) >= 11 is 0. The molecule has 3 heteroatoms. The molecule has 0 spiro atoms. The zero-order valence-electron chi connectivity index (χ0n) is 8.18. The molecule has 0 aliphatic carbocycles. The standard InChI is InChI=1S/C9H20N2O/c1-9-8-10-4-6-11(9)5-3-7-12-2/h9-10H,3-8H2,1-2H3/t9-/m1/s1. The van der Waals surface area contributed by atoms with Crippen molar-refractivity contribution in [2.45, 2.75) is 19.4 Å². The van der Waals surface area contributed by atoms with Gasteiger partial charge in [0.2, 0.25) is 0 Å². The van der Waals surface area contributed by atoms with Crippen molar-refractivity contribution in [2.75, 3.05) is 39.9 Å². The maximum Gasteiger partial charge on any atom is 0.0474 e. The van der Waals surface area contributed by atoms with Crippen LogP contribution >= 0.6 is 0 Å². The first kappa shape index (κ1) is 9.96. The molecule has 1 N–H and O–H groups in total. The predicted molar refractivity (Wildman–Crippen MR) is 50.4 cm³/mol. The summed E-state index contributed by atoms with van der Waals surface area (Å²) in [5.74, 6) is 0. The number of hydrogen-bond acceptors (Lipinski definition) is 3. The fraction of sp³-hybridized carbons (Fsp3) is 1.00. The molecular formula is C9H20N2O. The molecule has 1 aliphatic rings. The highest BCUT2D eigenvalue weighted by Crippen LogP contribution is 2.02. The van der Waals surface area contributed by atoms with E-state index in [2.05, 4.69) is 17.1 Å². The van der Waals surface area contributed by atoms with E-state index in [0.29, 0.717) is 6.04 Å². The smallest absolute Gasteiger partial charge is 0.0474 e. The molecule has 0 aromatic carbocycles. The van der Waals surface area contributed by atoms with Crippen molar-refractivity contribution in [3.63, 3.8) is 0 Å². The zero-order valence-corrected chi connectivity index (χ0v) is 8.18. The highest BCUT2D eigenvalue weighted by Gasteiger charge is 2.16. The van der Waals surface area contributed by atoms with Crippen molar-refractivity contribution in [1.82, 2.24) is 10.2 Å². The summed E-state index contributed by atoms with van der Waals surface area (Å²) in [5.41, 5.74) is 0. The van der Waals surface area contributed by atoms with Crippen molar-refractivity contribution >= 4 is 0 Å². The molecule has 1 fully saturated rings. The van der Waals surface area contributed by atoms with E-state index in [-0.39, 0.29) is 0 Å². The molecule has 0 radical (unpaired) electrons. The van der Waals surface area contributed by atoms with E-state index in [0.717, 1.165) is 26.1 Å². The Bertz CT molecular complexity index is 119. The second-order valence-corrected chi connectivity index (χ2v) is 3.44. The van der Waals surface area contributed by atoms with Gasteiger partial charge in [-0.05, 0) is 13.3 Å². The van der Waals surface area contributed by atoms with E-state index < -0.39 is 0 Å². The van der Waals surface area contributed by atoms with Gasteiger partial charge >= 0.3 is 0 Å². The van der Waals surface area contributed by atoms with E-state index in [1.165, 1.54) is 13.1 Å². The zero-order chi connectivity index (χ0) is 8.81. The second kappa shape index (κ2) is 5.51. The maximum absolute atomic E-state index is 5.03. The first-order valence-electron chi connectivity index (χ1n) is 4.78. The minimum Gasteiger partial charge on any atom is -0.385 e. The average Bonchev–Trinajstić information content (AvgIpc) is 2.09. The van der Waals surface area contributed by atoms with Gasteiger partial charge in [-0.1, -0.05) is 0 Å². The molecular weight excluding hydrogens is 152 g/mol. The van der Waals surface area contributed by atoms with Crippen molar-refractivity contribution in [3.05, 3.63) is 0 Å². The van der Waals surface area contributed by atoms with Crippen LogP contribution < -0.4 is 5.32 Å². The molecule has 0 unspecified atom stereocenters. The Morgan fingerprint density at radius 2 is 2.42 bits per heavy atom. The van der Waals surface area contributed by atoms with Crippen LogP contribution in [0.15, 0.2) is 0 Å². The molecule has 72 valence electrons. The first-order valence-corrected chi connectivity index (χ1v) is 4.78. The number of methoxy groups -OCH3 is 1. The highest BCUT2D eigenvalue weighted by molar-refractivity contribution is 4.75. The average molecular weight is 172 g/mol. The van der Waals surface area contributed by atoms with E-state index in [1.807, 2.05) is 0 Å². The molecule has 0 bridgehead atoms. The second-order valence-electron chi connectivity index (χ2n) is 3.44. The summed E-state index contributed by atoms with van der Waals surface area (Å²) in [6.07, 6.45) is 1.15. The van der Waals surface area contributed by atoms with Gasteiger partial charge in [-0.15, -0.1) is 0 Å². The van der Waals surface area contributed by atoms with Gasteiger partial charge in [0.25, 0.3) is 0 Å². The minimum atomic E-state index is 0.690. The fourth-order valence-corrected chi connectivity index (χ4v) is 1.63. The number of rotatable bonds is 4. The molecule has 1 atom stereocenters. The van der Waals surface area contributed by atoms with Crippen LogP contribution in [0.5, 0.6) is 0 Å². The Kier molecular flexibility index (Phi) is 4.58. The van der Waals surface area contributed by atoms with Crippen molar-refractivity contribution < 1.29 is 4.74 Å². The Morgan fingerprint density at radius 3 is 3.08 bits per heavy atom. The summed E-state index contributed by atoms with van der Waals surface area (Å²) < 4.78 is 5.03. The quantitative estimate of drug-likeness (QED) is 0.618. The van der Waals surface area contributed by atoms with Crippen LogP contribution in [0.3, 0.4) is 0 Å². The maximum atomic E-state index is 5.03. The van der Waals surface area contributed by atoms with Crippen LogP contribution in [0, 0.1) is 0 Å². The van der Waals surface area contributed by atoms with E-state index in [9.17, 15) is 0 Å². The molecule has 1 aliphatic heterocycles. The third-order valence-electron chi connectivity index (χ3n) is 2.43. The van der Waals surface area contributed by atoms with Crippen LogP contribution in [-0.4, -0.2) is 50.8 Å². The lowest BCUT2D eigenvalue weighted by molar-refractivity contribution is 0.138. The molecule has 1 heterocycles. The van der Waals surface area contributed by atoms with Gasteiger partial charge in [-0.2, -0.15) is 0 Å². The normalized spacial score (nSPS) is 26.0. The van der Waals surface area contributed by atoms with Crippen molar-refractivity contribution in [1.29, 1.82) is 0 Å². The van der Waals surface area contributed by atoms with Gasteiger partial charge in [0.1, 0.15) is 0 Å². The van der Waals surface area contributed by atoms with Crippen LogP contribution in [0.1, 0.15) is 13.3 Å². The topological polar surface area (TPSA) is 24.5 Å². The largest absolute Gasteiger partial charge is 0.385 e. The SMILES string of the molecule is COCCCN1CCNC[C@H]1C. The van der Waals surface area contributed by atoms with Gasteiger partial charge in [0, 0.05) is 45.9 Å². The lowest BCUT2D eigenvalue weighted by Crippen LogP contribution is -2.50. The van der Waals surface area contributed by atoms with Crippen LogP contribution in [0.25, 0.3) is 0 Å². The van der Waals surface area contributed by atoms with E-state index >= 15 is 0 Å². The summed E-state index contributed by atoms with van der Waals surface area (Å²) in [5, 5.41) is 3.38. The van der Waals surface area contributed by atoms with Crippen LogP contribution in [0.2, 0.25) is 0 Å². The first-order chi connectivity index (χ1) is 5.84. The Hall–Kier alpha value is -0.120. The molecule has 0 amide bonds. The number of nitrogens with one attached hydrogen (secondary N) is 1. The number of ether oxygens (including phenoxy) is 1. The number of piperazine rings is 1. The Morgan fingerprint density at radius 1 is 1.58 bits per heavy atom. The summed E-state index contributed by atoms with van der Waals surface area (Å²) in [7, 11) is 1.77. The van der Waals surface area contributed by atoms with Crippen LogP contribution in [0.4, 0.5) is 0 Å². The third-order valence-corrected chi connectivity index (χ3v) is 2.43. The summed E-state index contributed by atoms with van der Waals surface area (Å²) in [4.78, 5) is 2.52.